The fourth-order valence-electron chi connectivity index (χ4n) is 1.31. The van der Waals surface area contributed by atoms with Gasteiger partial charge in [-0.3, -0.25) is 4.79 Å². The van der Waals surface area contributed by atoms with E-state index < -0.39 is 10.8 Å². The van der Waals surface area contributed by atoms with Crippen LogP contribution in [0, 0.1) is 0 Å². The van der Waals surface area contributed by atoms with Crippen molar-refractivity contribution in [3.8, 4) is 0 Å². The summed E-state index contributed by atoms with van der Waals surface area (Å²) >= 11 is 6.74. The van der Waals surface area contributed by atoms with Gasteiger partial charge in [-0.1, -0.05) is 16.1 Å². The average molecular weight is 316 g/mol. The monoisotopic (exact) mass is 315 g/mol. The lowest BCUT2D eigenvalue weighted by Crippen LogP contribution is -2.23. The molecule has 0 bridgehead atoms. The maximum absolute atomic E-state index is 12.4. The SMILES string of the molecule is CN(C)C(=O)c1nnsc1S(=O)c1ccc(Cl)cc1. The molecular formula is C11H10ClN3O2S2. The first kappa shape index (κ1) is 14.1. The van der Waals surface area contributed by atoms with E-state index in [4.69, 9.17) is 11.6 Å². The van der Waals surface area contributed by atoms with Crippen LogP contribution < -0.4 is 0 Å². The predicted molar refractivity (Wildman–Crippen MR) is 74.1 cm³/mol. The lowest BCUT2D eigenvalue weighted by molar-refractivity contribution is 0.0818. The molecule has 0 fully saturated rings. The molecule has 0 aliphatic rings. The highest BCUT2D eigenvalue weighted by atomic mass is 35.5. The number of rotatable bonds is 3. The molecule has 1 aromatic carbocycles. The van der Waals surface area contributed by atoms with Crippen LogP contribution in [0.5, 0.6) is 0 Å². The standard InChI is InChI=1S/C11H10ClN3O2S2/c1-15(2)10(16)9-11(18-14-13-9)19(17)8-5-3-7(12)4-6-8/h3-6H,1-2H3. The van der Waals surface area contributed by atoms with Crippen LogP contribution in [0.25, 0.3) is 0 Å². The van der Waals surface area contributed by atoms with Gasteiger partial charge < -0.3 is 4.90 Å². The highest BCUT2D eigenvalue weighted by Gasteiger charge is 2.23. The second-order valence-electron chi connectivity index (χ2n) is 3.83. The minimum atomic E-state index is -1.49. The number of amides is 1. The topological polar surface area (TPSA) is 63.2 Å². The first-order valence-corrected chi connectivity index (χ1v) is 7.52. The predicted octanol–water partition coefficient (Wildman–Crippen LogP) is 2.06. The molecule has 2 rings (SSSR count). The van der Waals surface area contributed by atoms with E-state index in [2.05, 4.69) is 9.59 Å². The molecule has 0 saturated carbocycles. The van der Waals surface area contributed by atoms with E-state index in [0.29, 0.717) is 14.1 Å². The summed E-state index contributed by atoms with van der Waals surface area (Å²) in [5.74, 6) is -0.314. The lowest BCUT2D eigenvalue weighted by Gasteiger charge is -2.08. The van der Waals surface area contributed by atoms with Crippen molar-refractivity contribution in [2.75, 3.05) is 14.1 Å². The molecule has 0 aliphatic carbocycles. The molecule has 19 heavy (non-hydrogen) atoms. The second-order valence-corrected chi connectivity index (χ2v) is 6.70. The summed E-state index contributed by atoms with van der Waals surface area (Å²) in [6.07, 6.45) is 0. The van der Waals surface area contributed by atoms with Crippen LogP contribution in [0.4, 0.5) is 0 Å². The van der Waals surface area contributed by atoms with Crippen LogP contribution in [-0.2, 0) is 10.8 Å². The Hall–Kier alpha value is -1.31. The zero-order valence-corrected chi connectivity index (χ0v) is 12.6. The first-order chi connectivity index (χ1) is 9.00. The van der Waals surface area contributed by atoms with Gasteiger partial charge in [0.2, 0.25) is 0 Å². The van der Waals surface area contributed by atoms with Gasteiger partial charge in [0.25, 0.3) is 5.91 Å². The number of hydrogen-bond acceptors (Lipinski definition) is 5. The Morgan fingerprint density at radius 3 is 2.53 bits per heavy atom. The van der Waals surface area contributed by atoms with Gasteiger partial charge >= 0.3 is 0 Å². The van der Waals surface area contributed by atoms with Crippen LogP contribution in [0.1, 0.15) is 10.5 Å². The molecule has 8 heteroatoms. The molecule has 0 N–H and O–H groups in total. The molecule has 1 amide bonds. The largest absolute Gasteiger partial charge is 0.343 e. The smallest absolute Gasteiger partial charge is 0.276 e. The number of carbonyl (C=O) groups excluding carboxylic acids is 1. The van der Waals surface area contributed by atoms with Crippen LogP contribution >= 0.6 is 23.1 Å². The van der Waals surface area contributed by atoms with Crippen molar-refractivity contribution in [2.45, 2.75) is 9.10 Å². The quantitative estimate of drug-likeness (QED) is 0.869. The van der Waals surface area contributed by atoms with Crippen LogP contribution in [0.3, 0.4) is 0 Å². The van der Waals surface area contributed by atoms with Crippen molar-refractivity contribution in [1.82, 2.24) is 14.5 Å². The van der Waals surface area contributed by atoms with Gasteiger partial charge in [0.05, 0.1) is 10.8 Å². The molecule has 0 saturated heterocycles. The molecule has 1 aromatic heterocycles. The van der Waals surface area contributed by atoms with E-state index in [1.807, 2.05) is 0 Å². The zero-order valence-electron chi connectivity index (χ0n) is 10.2. The van der Waals surface area contributed by atoms with Crippen LogP contribution in [0.15, 0.2) is 33.4 Å². The Labute approximate surface area is 121 Å². The highest BCUT2D eigenvalue weighted by Crippen LogP contribution is 2.24. The van der Waals surface area contributed by atoms with Crippen molar-refractivity contribution in [3.05, 3.63) is 35.0 Å². The Morgan fingerprint density at radius 2 is 1.95 bits per heavy atom. The van der Waals surface area contributed by atoms with Gasteiger partial charge in [-0.25, -0.2) is 4.21 Å². The second kappa shape index (κ2) is 5.77. The number of benzene rings is 1. The Morgan fingerprint density at radius 1 is 1.32 bits per heavy atom. The number of carbonyl (C=O) groups is 1. The van der Waals surface area contributed by atoms with E-state index in [-0.39, 0.29) is 11.6 Å². The normalized spacial score (nSPS) is 12.2. The summed E-state index contributed by atoms with van der Waals surface area (Å²) in [7, 11) is 1.73. The molecule has 100 valence electrons. The van der Waals surface area contributed by atoms with E-state index in [0.717, 1.165) is 11.5 Å². The van der Waals surface area contributed by atoms with Crippen molar-refractivity contribution >= 4 is 39.8 Å². The molecule has 0 aliphatic heterocycles. The fraction of sp³-hybridized carbons (Fsp3) is 0.182. The van der Waals surface area contributed by atoms with Crippen LogP contribution in [0.2, 0.25) is 5.02 Å². The molecule has 0 radical (unpaired) electrons. The van der Waals surface area contributed by atoms with E-state index in [1.54, 1.807) is 38.4 Å². The van der Waals surface area contributed by atoms with E-state index in [1.165, 1.54) is 4.90 Å². The Bertz CT molecular complexity index is 625. The fourth-order valence-corrected chi connectivity index (χ4v) is 3.41. The first-order valence-electron chi connectivity index (χ1n) is 5.22. The maximum atomic E-state index is 12.4. The van der Waals surface area contributed by atoms with Gasteiger partial charge in [-0.15, -0.1) is 5.10 Å². The van der Waals surface area contributed by atoms with Crippen molar-refractivity contribution in [3.63, 3.8) is 0 Å². The minimum absolute atomic E-state index is 0.128. The molecule has 5 nitrogen and oxygen atoms in total. The average Bonchev–Trinajstić information content (AvgIpc) is 2.86. The van der Waals surface area contributed by atoms with Gasteiger partial charge in [-0.05, 0) is 35.8 Å². The molecular weight excluding hydrogens is 306 g/mol. The van der Waals surface area contributed by atoms with Gasteiger partial charge in [-0.2, -0.15) is 0 Å². The molecule has 2 aromatic rings. The summed E-state index contributed by atoms with van der Waals surface area (Å²) in [5, 5.41) is 4.32. The summed E-state index contributed by atoms with van der Waals surface area (Å²) in [5.41, 5.74) is 0.128. The molecule has 1 unspecified atom stereocenters. The summed E-state index contributed by atoms with van der Waals surface area (Å²) in [6, 6.07) is 6.61. The summed E-state index contributed by atoms with van der Waals surface area (Å²) < 4.78 is 16.5. The molecule has 1 heterocycles. The van der Waals surface area contributed by atoms with Crippen LogP contribution in [-0.4, -0.2) is 38.7 Å². The van der Waals surface area contributed by atoms with Gasteiger partial charge in [0.1, 0.15) is 0 Å². The van der Waals surface area contributed by atoms with Crippen molar-refractivity contribution < 1.29 is 9.00 Å². The molecule has 1 atom stereocenters. The zero-order chi connectivity index (χ0) is 14.0. The third kappa shape index (κ3) is 2.99. The Kier molecular flexibility index (Phi) is 4.28. The number of halogens is 1. The highest BCUT2D eigenvalue weighted by molar-refractivity contribution is 7.87. The number of hydrogen-bond donors (Lipinski definition) is 0. The van der Waals surface area contributed by atoms with Gasteiger partial charge in [0, 0.05) is 24.0 Å². The number of aromatic nitrogens is 2. The number of nitrogens with zero attached hydrogens (tertiary/aromatic N) is 3. The third-order valence-corrected chi connectivity index (χ3v) is 4.95. The van der Waals surface area contributed by atoms with Crippen molar-refractivity contribution in [1.29, 1.82) is 0 Å². The minimum Gasteiger partial charge on any atom is -0.343 e. The molecule has 0 spiro atoms. The summed E-state index contributed by atoms with van der Waals surface area (Å²) in [4.78, 5) is 13.8. The third-order valence-electron chi connectivity index (χ3n) is 2.26. The maximum Gasteiger partial charge on any atom is 0.276 e. The Balaban J connectivity index is 2.37. The van der Waals surface area contributed by atoms with E-state index in [9.17, 15) is 9.00 Å². The van der Waals surface area contributed by atoms with Gasteiger partial charge in [0.15, 0.2) is 9.90 Å². The summed E-state index contributed by atoms with van der Waals surface area (Å²) in [6.45, 7) is 0. The van der Waals surface area contributed by atoms with E-state index >= 15 is 0 Å². The van der Waals surface area contributed by atoms with Crippen molar-refractivity contribution in [2.24, 2.45) is 0 Å². The lowest BCUT2D eigenvalue weighted by atomic mass is 10.4.